The first kappa shape index (κ1) is 17.0. The minimum absolute atomic E-state index is 0.197. The van der Waals surface area contributed by atoms with E-state index in [1.807, 2.05) is 32.0 Å². The van der Waals surface area contributed by atoms with Crippen LogP contribution < -0.4 is 10.6 Å². The average Bonchev–Trinajstić information content (AvgIpc) is 2.99. The molecule has 23 heavy (non-hydrogen) atoms. The molecule has 6 nitrogen and oxygen atoms in total. The van der Waals surface area contributed by atoms with E-state index in [2.05, 4.69) is 15.7 Å². The molecule has 0 aliphatic rings. The molecule has 0 aliphatic carbocycles. The summed E-state index contributed by atoms with van der Waals surface area (Å²) in [6.07, 6.45) is 0. The number of carbonyl (C=O) groups is 2. The highest BCUT2D eigenvalue weighted by molar-refractivity contribution is 6.30. The SMILES string of the molecule is CCNC(=O)c1cc(C(=O)NC)nn1[C@@H](C)c1cccc(Cl)c1. The van der Waals surface area contributed by atoms with Gasteiger partial charge in [0.15, 0.2) is 5.69 Å². The van der Waals surface area contributed by atoms with Gasteiger partial charge in [-0.1, -0.05) is 23.7 Å². The number of nitrogens with one attached hydrogen (secondary N) is 2. The van der Waals surface area contributed by atoms with Crippen LogP contribution in [0.5, 0.6) is 0 Å². The van der Waals surface area contributed by atoms with Crippen molar-refractivity contribution in [1.29, 1.82) is 0 Å². The predicted molar refractivity (Wildman–Crippen MR) is 88.9 cm³/mol. The molecule has 1 aromatic heterocycles. The maximum atomic E-state index is 12.3. The van der Waals surface area contributed by atoms with Crippen molar-refractivity contribution in [3.8, 4) is 0 Å². The van der Waals surface area contributed by atoms with Gasteiger partial charge in [-0.3, -0.25) is 14.3 Å². The van der Waals surface area contributed by atoms with E-state index >= 15 is 0 Å². The Labute approximate surface area is 139 Å². The van der Waals surface area contributed by atoms with Gasteiger partial charge in [0, 0.05) is 24.7 Å². The first-order valence-electron chi connectivity index (χ1n) is 7.33. The van der Waals surface area contributed by atoms with Crippen LogP contribution in [0.4, 0.5) is 0 Å². The largest absolute Gasteiger partial charge is 0.354 e. The van der Waals surface area contributed by atoms with Gasteiger partial charge < -0.3 is 10.6 Å². The fraction of sp³-hybridized carbons (Fsp3) is 0.312. The van der Waals surface area contributed by atoms with Crippen molar-refractivity contribution in [2.45, 2.75) is 19.9 Å². The summed E-state index contributed by atoms with van der Waals surface area (Å²) in [6, 6.07) is 8.58. The maximum absolute atomic E-state index is 12.3. The monoisotopic (exact) mass is 334 g/mol. The lowest BCUT2D eigenvalue weighted by atomic mass is 10.1. The van der Waals surface area contributed by atoms with Gasteiger partial charge in [0.1, 0.15) is 5.69 Å². The van der Waals surface area contributed by atoms with Crippen LogP contribution >= 0.6 is 11.6 Å². The highest BCUT2D eigenvalue weighted by Crippen LogP contribution is 2.23. The number of hydrogen-bond donors (Lipinski definition) is 2. The second-order valence-corrected chi connectivity index (χ2v) is 5.47. The van der Waals surface area contributed by atoms with Gasteiger partial charge in [-0.15, -0.1) is 0 Å². The van der Waals surface area contributed by atoms with Crippen molar-refractivity contribution in [3.05, 3.63) is 52.3 Å². The molecule has 7 heteroatoms. The molecular formula is C16H19ClN4O2. The summed E-state index contributed by atoms with van der Waals surface area (Å²) in [5.74, 6) is -0.614. The van der Waals surface area contributed by atoms with E-state index in [0.29, 0.717) is 17.3 Å². The number of benzene rings is 1. The Morgan fingerprint density at radius 1 is 1.30 bits per heavy atom. The molecule has 1 aromatic carbocycles. The molecule has 0 fully saturated rings. The zero-order valence-electron chi connectivity index (χ0n) is 13.3. The van der Waals surface area contributed by atoms with Gasteiger partial charge in [-0.2, -0.15) is 5.10 Å². The number of hydrogen-bond acceptors (Lipinski definition) is 3. The van der Waals surface area contributed by atoms with E-state index in [0.717, 1.165) is 5.56 Å². The molecule has 2 aromatic rings. The fourth-order valence-electron chi connectivity index (χ4n) is 2.26. The van der Waals surface area contributed by atoms with Crippen LogP contribution in [0, 0.1) is 0 Å². The number of nitrogens with zero attached hydrogens (tertiary/aromatic N) is 2. The Morgan fingerprint density at radius 2 is 2.04 bits per heavy atom. The highest BCUT2D eigenvalue weighted by Gasteiger charge is 2.22. The molecule has 2 amide bonds. The van der Waals surface area contributed by atoms with Crippen molar-refractivity contribution < 1.29 is 9.59 Å². The van der Waals surface area contributed by atoms with Crippen LogP contribution in [-0.4, -0.2) is 35.2 Å². The summed E-state index contributed by atoms with van der Waals surface area (Å²) < 4.78 is 1.54. The summed E-state index contributed by atoms with van der Waals surface area (Å²) >= 11 is 6.03. The topological polar surface area (TPSA) is 76.0 Å². The van der Waals surface area contributed by atoms with E-state index < -0.39 is 0 Å². The van der Waals surface area contributed by atoms with Crippen molar-refractivity contribution in [2.75, 3.05) is 13.6 Å². The number of rotatable bonds is 5. The van der Waals surface area contributed by atoms with Crippen molar-refractivity contribution >= 4 is 23.4 Å². The van der Waals surface area contributed by atoms with Gasteiger partial charge in [-0.25, -0.2) is 0 Å². The normalized spacial score (nSPS) is 11.8. The van der Waals surface area contributed by atoms with E-state index in [1.165, 1.54) is 13.1 Å². The molecule has 2 N–H and O–H groups in total. The van der Waals surface area contributed by atoms with Gasteiger partial charge in [0.2, 0.25) is 0 Å². The van der Waals surface area contributed by atoms with Crippen LogP contribution in [0.1, 0.15) is 46.4 Å². The standard InChI is InChI=1S/C16H19ClN4O2/c1-4-19-16(23)14-9-13(15(22)18-3)20-21(14)10(2)11-6-5-7-12(17)8-11/h5-10H,4H2,1-3H3,(H,18,22)(H,19,23)/t10-/m0/s1. The molecule has 0 saturated carbocycles. The fourth-order valence-corrected chi connectivity index (χ4v) is 2.46. The van der Waals surface area contributed by atoms with Gasteiger partial charge >= 0.3 is 0 Å². The van der Waals surface area contributed by atoms with Gasteiger partial charge in [0.25, 0.3) is 11.8 Å². The summed E-state index contributed by atoms with van der Waals surface area (Å²) in [5.41, 5.74) is 1.43. The second-order valence-electron chi connectivity index (χ2n) is 5.03. The van der Waals surface area contributed by atoms with E-state index in [-0.39, 0.29) is 23.6 Å². The smallest absolute Gasteiger partial charge is 0.271 e. The van der Waals surface area contributed by atoms with E-state index in [9.17, 15) is 9.59 Å². The zero-order valence-corrected chi connectivity index (χ0v) is 14.0. The van der Waals surface area contributed by atoms with E-state index in [1.54, 1.807) is 10.7 Å². The van der Waals surface area contributed by atoms with Crippen LogP contribution in [-0.2, 0) is 0 Å². The molecule has 1 atom stereocenters. The first-order valence-corrected chi connectivity index (χ1v) is 7.71. The minimum Gasteiger partial charge on any atom is -0.354 e. The van der Waals surface area contributed by atoms with Crippen molar-refractivity contribution in [3.63, 3.8) is 0 Å². The molecule has 0 spiro atoms. The quantitative estimate of drug-likeness (QED) is 0.880. The first-order chi connectivity index (χ1) is 11.0. The molecule has 0 saturated heterocycles. The van der Waals surface area contributed by atoms with Crippen LogP contribution in [0.25, 0.3) is 0 Å². The number of aromatic nitrogens is 2. The maximum Gasteiger partial charge on any atom is 0.271 e. The van der Waals surface area contributed by atoms with Crippen molar-refractivity contribution in [2.24, 2.45) is 0 Å². The number of halogens is 1. The third kappa shape index (κ3) is 3.71. The molecule has 122 valence electrons. The van der Waals surface area contributed by atoms with E-state index in [4.69, 9.17) is 11.6 Å². The molecule has 0 aliphatic heterocycles. The Balaban J connectivity index is 2.48. The van der Waals surface area contributed by atoms with Crippen LogP contribution in [0.3, 0.4) is 0 Å². The third-order valence-corrected chi connectivity index (χ3v) is 3.70. The molecule has 0 radical (unpaired) electrons. The van der Waals surface area contributed by atoms with Crippen LogP contribution in [0.15, 0.2) is 30.3 Å². The van der Waals surface area contributed by atoms with Gasteiger partial charge in [0.05, 0.1) is 6.04 Å². The number of carbonyl (C=O) groups excluding carboxylic acids is 2. The molecular weight excluding hydrogens is 316 g/mol. The molecule has 2 rings (SSSR count). The lowest BCUT2D eigenvalue weighted by Gasteiger charge is -2.16. The Kier molecular flexibility index (Phi) is 5.39. The zero-order chi connectivity index (χ0) is 17.0. The van der Waals surface area contributed by atoms with Crippen molar-refractivity contribution in [1.82, 2.24) is 20.4 Å². The Morgan fingerprint density at radius 3 is 2.65 bits per heavy atom. The Bertz CT molecular complexity index is 727. The second kappa shape index (κ2) is 7.28. The average molecular weight is 335 g/mol. The summed E-state index contributed by atoms with van der Waals surface area (Å²) in [5, 5.41) is 10.1. The van der Waals surface area contributed by atoms with Gasteiger partial charge in [-0.05, 0) is 31.5 Å². The highest BCUT2D eigenvalue weighted by atomic mass is 35.5. The molecule has 1 heterocycles. The summed E-state index contributed by atoms with van der Waals surface area (Å²) in [7, 11) is 1.52. The third-order valence-electron chi connectivity index (χ3n) is 3.46. The Hall–Kier alpha value is -2.34. The predicted octanol–water partition coefficient (Wildman–Crippen LogP) is 2.26. The lowest BCUT2D eigenvalue weighted by molar-refractivity contribution is 0.0940. The number of amides is 2. The lowest BCUT2D eigenvalue weighted by Crippen LogP contribution is -2.27. The molecule has 0 unspecified atom stereocenters. The minimum atomic E-state index is -0.340. The van der Waals surface area contributed by atoms with Crippen LogP contribution in [0.2, 0.25) is 5.02 Å². The summed E-state index contributed by atoms with van der Waals surface area (Å²) in [6.45, 7) is 4.22. The summed E-state index contributed by atoms with van der Waals surface area (Å²) in [4.78, 5) is 24.1. The molecule has 0 bridgehead atoms.